The first-order chi connectivity index (χ1) is 5.91. The van der Waals surface area contributed by atoms with E-state index in [0.717, 1.165) is 0 Å². The van der Waals surface area contributed by atoms with E-state index in [-0.39, 0.29) is 0 Å². The third-order valence-electron chi connectivity index (χ3n) is 1.63. The van der Waals surface area contributed by atoms with Gasteiger partial charge in [-0.1, -0.05) is 0 Å². The summed E-state index contributed by atoms with van der Waals surface area (Å²) in [7, 11) is 0. The molecule has 7 nitrogen and oxygen atoms in total. The van der Waals surface area contributed by atoms with Crippen LogP contribution in [0.1, 0.15) is 0 Å². The lowest BCUT2D eigenvalue weighted by Gasteiger charge is -2.26. The molecule has 0 aliphatic carbocycles. The van der Waals surface area contributed by atoms with Gasteiger partial charge in [0.25, 0.3) is 0 Å². The van der Waals surface area contributed by atoms with Gasteiger partial charge in [-0.3, -0.25) is 0 Å². The highest BCUT2D eigenvalue weighted by molar-refractivity contribution is 4.82. The van der Waals surface area contributed by atoms with Crippen LogP contribution in [-0.2, 0) is 0 Å². The summed E-state index contributed by atoms with van der Waals surface area (Å²) >= 11 is 0. The third-order valence-corrected chi connectivity index (χ3v) is 1.63. The van der Waals surface area contributed by atoms with Crippen molar-refractivity contribution in [1.29, 1.82) is 0 Å². The highest BCUT2D eigenvalue weighted by Gasteiger charge is 2.32. The molecule has 0 amide bonds. The minimum atomic E-state index is -1.82. The van der Waals surface area contributed by atoms with E-state index in [1.165, 1.54) is 0 Å². The normalized spacial score (nSPS) is 23.3. The van der Waals surface area contributed by atoms with Crippen LogP contribution in [0.4, 0.5) is 0 Å². The summed E-state index contributed by atoms with van der Waals surface area (Å²) in [4.78, 5) is 0. The van der Waals surface area contributed by atoms with Gasteiger partial charge < -0.3 is 36.4 Å². The first-order valence-corrected chi connectivity index (χ1v) is 3.68. The van der Waals surface area contributed by atoms with Crippen LogP contribution in [0.5, 0.6) is 0 Å². The fourth-order valence-electron chi connectivity index (χ4n) is 0.740. The van der Waals surface area contributed by atoms with Gasteiger partial charge in [0, 0.05) is 0 Å². The van der Waals surface area contributed by atoms with Crippen molar-refractivity contribution < 1.29 is 30.6 Å². The monoisotopic (exact) mass is 197 g/mol. The van der Waals surface area contributed by atoms with E-state index in [1.54, 1.807) is 0 Å². The van der Waals surface area contributed by atoms with Crippen molar-refractivity contribution in [2.75, 3.05) is 6.61 Å². The quantitative estimate of drug-likeness (QED) is 0.220. The molecular weight excluding hydrogens is 182 g/mol. The van der Waals surface area contributed by atoms with E-state index in [2.05, 4.69) is 0 Å². The molecule has 0 saturated heterocycles. The van der Waals surface area contributed by atoms with Crippen LogP contribution in [-0.4, -0.2) is 67.9 Å². The Morgan fingerprint density at radius 3 is 1.62 bits per heavy atom. The maximum Gasteiger partial charge on any atom is 0.131 e. The summed E-state index contributed by atoms with van der Waals surface area (Å²) in [6.45, 7) is -0.772. The second-order valence-electron chi connectivity index (χ2n) is 2.71. The maximum absolute atomic E-state index is 9.05. The van der Waals surface area contributed by atoms with E-state index in [0.29, 0.717) is 0 Å². The first kappa shape index (κ1) is 12.7. The summed E-state index contributed by atoms with van der Waals surface area (Å²) in [6, 6.07) is 0. The Bertz CT molecular complexity index is 143. The smallest absolute Gasteiger partial charge is 0.131 e. The molecule has 0 radical (unpaired) electrons. The van der Waals surface area contributed by atoms with Crippen molar-refractivity contribution in [3.63, 3.8) is 0 Å². The van der Waals surface area contributed by atoms with Gasteiger partial charge in [0.2, 0.25) is 0 Å². The largest absolute Gasteiger partial charge is 0.394 e. The highest BCUT2D eigenvalue weighted by Crippen LogP contribution is 2.05. The molecule has 0 bridgehead atoms. The summed E-state index contributed by atoms with van der Waals surface area (Å²) in [5.74, 6) is 0. The fraction of sp³-hybridized carbons (Fsp3) is 1.00. The fourth-order valence-corrected chi connectivity index (χ4v) is 0.740. The lowest BCUT2D eigenvalue weighted by Crippen LogP contribution is -2.52. The van der Waals surface area contributed by atoms with Gasteiger partial charge in [0.1, 0.15) is 30.6 Å². The zero-order chi connectivity index (χ0) is 10.6. The summed E-state index contributed by atoms with van der Waals surface area (Å²) in [5.41, 5.74) is 4.81. The van der Waals surface area contributed by atoms with Gasteiger partial charge in [-0.2, -0.15) is 0 Å². The SMILES string of the molecule is NC(O)[C@H](O)[C@@H](O)[C@H](O)[C@H](O)CO. The number of rotatable bonds is 5. The Morgan fingerprint density at radius 2 is 1.31 bits per heavy atom. The zero-order valence-corrected chi connectivity index (χ0v) is 6.85. The number of hydrogen-bond acceptors (Lipinski definition) is 7. The van der Waals surface area contributed by atoms with E-state index in [4.69, 9.17) is 36.4 Å². The average molecular weight is 197 g/mol. The molecule has 0 aromatic carbocycles. The molecule has 7 heteroatoms. The molecule has 0 aromatic heterocycles. The van der Waals surface area contributed by atoms with Gasteiger partial charge in [-0.15, -0.1) is 0 Å². The van der Waals surface area contributed by atoms with Crippen molar-refractivity contribution in [1.82, 2.24) is 0 Å². The minimum Gasteiger partial charge on any atom is -0.394 e. The molecule has 8 N–H and O–H groups in total. The van der Waals surface area contributed by atoms with Gasteiger partial charge >= 0.3 is 0 Å². The van der Waals surface area contributed by atoms with Crippen LogP contribution < -0.4 is 5.73 Å². The second-order valence-corrected chi connectivity index (χ2v) is 2.71. The first-order valence-electron chi connectivity index (χ1n) is 3.68. The lowest BCUT2D eigenvalue weighted by atomic mass is 10.0. The van der Waals surface area contributed by atoms with E-state index >= 15 is 0 Å². The molecule has 0 fully saturated rings. The van der Waals surface area contributed by atoms with Gasteiger partial charge in [0.15, 0.2) is 0 Å². The Hall–Kier alpha value is -0.280. The van der Waals surface area contributed by atoms with Gasteiger partial charge in [-0.05, 0) is 0 Å². The van der Waals surface area contributed by atoms with Crippen LogP contribution in [0, 0.1) is 0 Å². The van der Waals surface area contributed by atoms with Crippen molar-refractivity contribution in [3.8, 4) is 0 Å². The Balaban J connectivity index is 4.15. The topological polar surface area (TPSA) is 147 Å². The van der Waals surface area contributed by atoms with Crippen molar-refractivity contribution in [2.45, 2.75) is 30.6 Å². The lowest BCUT2D eigenvalue weighted by molar-refractivity contribution is -0.139. The van der Waals surface area contributed by atoms with Gasteiger partial charge in [0.05, 0.1) is 6.61 Å². The van der Waals surface area contributed by atoms with Crippen molar-refractivity contribution >= 4 is 0 Å². The van der Waals surface area contributed by atoms with Crippen LogP contribution in [0.25, 0.3) is 0 Å². The van der Waals surface area contributed by atoms with E-state index in [1.807, 2.05) is 0 Å². The number of nitrogens with two attached hydrogens (primary N) is 1. The molecular formula is C6H15NO6. The summed E-state index contributed by atoms with van der Waals surface area (Å²) < 4.78 is 0. The minimum absolute atomic E-state index is 0.772. The average Bonchev–Trinajstić information content (AvgIpc) is 2.12. The Labute approximate surface area is 74.7 Å². The predicted molar refractivity (Wildman–Crippen MR) is 41.3 cm³/mol. The molecule has 13 heavy (non-hydrogen) atoms. The van der Waals surface area contributed by atoms with Crippen LogP contribution >= 0.6 is 0 Å². The van der Waals surface area contributed by atoms with Crippen molar-refractivity contribution in [2.24, 2.45) is 5.73 Å². The highest BCUT2D eigenvalue weighted by atomic mass is 16.4. The zero-order valence-electron chi connectivity index (χ0n) is 6.85. The molecule has 0 heterocycles. The maximum atomic E-state index is 9.05. The van der Waals surface area contributed by atoms with Crippen LogP contribution in [0.15, 0.2) is 0 Å². The predicted octanol–water partition coefficient (Wildman–Crippen LogP) is -4.30. The molecule has 0 aliphatic heterocycles. The molecule has 0 aliphatic rings. The number of aliphatic hydroxyl groups excluding tert-OH is 6. The molecule has 0 saturated carbocycles. The molecule has 80 valence electrons. The van der Waals surface area contributed by atoms with Crippen LogP contribution in [0.2, 0.25) is 0 Å². The summed E-state index contributed by atoms with van der Waals surface area (Å²) in [6.07, 6.45) is -8.68. The third kappa shape index (κ3) is 3.53. The molecule has 0 aromatic rings. The van der Waals surface area contributed by atoms with Gasteiger partial charge in [-0.25, -0.2) is 0 Å². The van der Waals surface area contributed by atoms with E-state index < -0.39 is 37.3 Å². The molecule has 0 rings (SSSR count). The molecule has 5 atom stereocenters. The summed E-state index contributed by atoms with van der Waals surface area (Å²) in [5, 5.41) is 52.8. The Kier molecular flexibility index (Phi) is 5.33. The molecule has 1 unspecified atom stereocenters. The van der Waals surface area contributed by atoms with Crippen LogP contribution in [0.3, 0.4) is 0 Å². The standard InChI is InChI=1S/C6H15NO6/c7-6(13)5(12)4(11)3(10)2(9)1-8/h2-6,8-13H,1,7H2/t2-,3-,4+,5-,6?/m1/s1. The Morgan fingerprint density at radius 1 is 0.846 bits per heavy atom. The molecule has 0 spiro atoms. The van der Waals surface area contributed by atoms with E-state index in [9.17, 15) is 0 Å². The number of aliphatic hydroxyl groups is 6. The number of hydrogen-bond donors (Lipinski definition) is 7. The van der Waals surface area contributed by atoms with Crippen molar-refractivity contribution in [3.05, 3.63) is 0 Å². The second kappa shape index (κ2) is 5.45.